The number of hydrogen-bond donors (Lipinski definition) is 1. The Morgan fingerprint density at radius 1 is 1.43 bits per heavy atom. The molecule has 1 spiro atoms. The second-order valence-electron chi connectivity index (χ2n) is 6.82. The van der Waals surface area contributed by atoms with Crippen molar-refractivity contribution in [2.24, 2.45) is 7.05 Å². The van der Waals surface area contributed by atoms with Crippen LogP contribution in [0.2, 0.25) is 0 Å². The van der Waals surface area contributed by atoms with Crippen LogP contribution >= 0.6 is 0 Å². The molecule has 6 heteroatoms. The number of furan rings is 1. The average Bonchev–Trinajstić information content (AvgIpc) is 3.24. The minimum absolute atomic E-state index is 0.104. The van der Waals surface area contributed by atoms with E-state index in [9.17, 15) is 4.79 Å². The molecule has 1 N–H and O–H groups in total. The van der Waals surface area contributed by atoms with Gasteiger partial charge in [-0.15, -0.1) is 0 Å². The van der Waals surface area contributed by atoms with Crippen molar-refractivity contribution in [3.8, 4) is 0 Å². The predicted octanol–water partition coefficient (Wildman–Crippen LogP) is 1.65. The van der Waals surface area contributed by atoms with Gasteiger partial charge in [0, 0.05) is 56.3 Å². The van der Waals surface area contributed by atoms with Crippen molar-refractivity contribution in [1.29, 1.82) is 0 Å². The summed E-state index contributed by atoms with van der Waals surface area (Å²) in [4.78, 5) is 14.5. The molecule has 4 rings (SSSR count). The molecule has 1 amide bonds. The molecule has 0 bridgehead atoms. The number of aromatic nitrogens is 2. The van der Waals surface area contributed by atoms with Crippen LogP contribution in [0.15, 0.2) is 35.4 Å². The van der Waals surface area contributed by atoms with Gasteiger partial charge in [0.05, 0.1) is 18.7 Å². The Morgan fingerprint density at radius 3 is 2.91 bits per heavy atom. The third-order valence-electron chi connectivity index (χ3n) is 5.31. The smallest absolute Gasteiger partial charge is 0.221 e. The molecule has 0 saturated carbocycles. The molecule has 0 aromatic carbocycles. The van der Waals surface area contributed by atoms with Gasteiger partial charge < -0.3 is 9.73 Å². The van der Waals surface area contributed by atoms with Crippen molar-refractivity contribution in [1.82, 2.24) is 20.0 Å². The maximum atomic E-state index is 12.1. The molecule has 2 fully saturated rings. The van der Waals surface area contributed by atoms with Gasteiger partial charge in [-0.3, -0.25) is 14.4 Å². The number of rotatable bonds is 3. The standard InChI is InChI=1S/C17H22N4O2/c1-20-11-14(9-18-20)15-8-16(22)19-17(15)3-5-21(6-4-17)10-13-2-7-23-12-13/h2,7,9,11-12,15H,3-6,8,10H2,1H3,(H,19,22)/t15-/m1/s1. The zero-order valence-corrected chi connectivity index (χ0v) is 13.4. The van der Waals surface area contributed by atoms with Crippen molar-refractivity contribution >= 4 is 5.91 Å². The molecule has 6 nitrogen and oxygen atoms in total. The normalized spacial score (nSPS) is 24.2. The molecule has 23 heavy (non-hydrogen) atoms. The number of likely N-dealkylation sites (tertiary alicyclic amines) is 1. The fourth-order valence-corrected chi connectivity index (χ4v) is 4.08. The van der Waals surface area contributed by atoms with Gasteiger partial charge in [0.15, 0.2) is 0 Å². The summed E-state index contributed by atoms with van der Waals surface area (Å²) in [5.74, 6) is 0.405. The Balaban J connectivity index is 1.48. The minimum atomic E-state index is -0.104. The average molecular weight is 314 g/mol. The molecule has 0 radical (unpaired) electrons. The second-order valence-corrected chi connectivity index (χ2v) is 6.82. The number of carbonyl (C=O) groups is 1. The number of hydrogen-bond acceptors (Lipinski definition) is 4. The van der Waals surface area contributed by atoms with Crippen LogP contribution in [0.25, 0.3) is 0 Å². The van der Waals surface area contributed by atoms with Crippen LogP contribution in [0.3, 0.4) is 0 Å². The first kappa shape index (κ1) is 14.5. The van der Waals surface area contributed by atoms with Crippen LogP contribution in [-0.4, -0.2) is 39.2 Å². The summed E-state index contributed by atoms with van der Waals surface area (Å²) in [6.07, 6.45) is 10.0. The summed E-state index contributed by atoms with van der Waals surface area (Å²) >= 11 is 0. The van der Waals surface area contributed by atoms with E-state index in [-0.39, 0.29) is 17.4 Å². The maximum absolute atomic E-state index is 12.1. The third-order valence-corrected chi connectivity index (χ3v) is 5.31. The number of carbonyl (C=O) groups excluding carboxylic acids is 1. The van der Waals surface area contributed by atoms with Gasteiger partial charge in [-0.25, -0.2) is 0 Å². The Hall–Kier alpha value is -2.08. The lowest BCUT2D eigenvalue weighted by Gasteiger charge is -2.42. The summed E-state index contributed by atoms with van der Waals surface area (Å²) in [5.41, 5.74) is 2.28. The van der Waals surface area contributed by atoms with Gasteiger partial charge in [-0.1, -0.05) is 0 Å². The molecule has 122 valence electrons. The van der Waals surface area contributed by atoms with Crippen LogP contribution in [0, 0.1) is 0 Å². The molecule has 0 unspecified atom stereocenters. The molecular formula is C17H22N4O2. The Bertz CT molecular complexity index is 683. The van der Waals surface area contributed by atoms with Crippen molar-refractivity contribution < 1.29 is 9.21 Å². The lowest BCUT2D eigenvalue weighted by Crippen LogP contribution is -2.53. The number of amides is 1. The van der Waals surface area contributed by atoms with Crippen LogP contribution in [0.5, 0.6) is 0 Å². The van der Waals surface area contributed by atoms with E-state index < -0.39 is 0 Å². The van der Waals surface area contributed by atoms with Crippen molar-refractivity contribution in [3.63, 3.8) is 0 Å². The first-order valence-corrected chi connectivity index (χ1v) is 8.18. The van der Waals surface area contributed by atoms with E-state index >= 15 is 0 Å². The highest BCUT2D eigenvalue weighted by atomic mass is 16.3. The molecule has 2 aromatic rings. The molecule has 2 aromatic heterocycles. The molecule has 2 aliphatic rings. The fourth-order valence-electron chi connectivity index (χ4n) is 4.08. The lowest BCUT2D eigenvalue weighted by molar-refractivity contribution is -0.120. The summed E-state index contributed by atoms with van der Waals surface area (Å²) in [5, 5.41) is 7.57. The number of nitrogens with zero attached hydrogens (tertiary/aromatic N) is 3. The highest BCUT2D eigenvalue weighted by Crippen LogP contribution is 2.43. The number of nitrogens with one attached hydrogen (secondary N) is 1. The van der Waals surface area contributed by atoms with Crippen molar-refractivity contribution in [3.05, 3.63) is 42.1 Å². The molecule has 2 saturated heterocycles. The van der Waals surface area contributed by atoms with Gasteiger partial charge >= 0.3 is 0 Å². The first-order chi connectivity index (χ1) is 11.1. The zero-order chi connectivity index (χ0) is 15.9. The fraction of sp³-hybridized carbons (Fsp3) is 0.529. The van der Waals surface area contributed by atoms with Gasteiger partial charge in [-0.05, 0) is 24.5 Å². The quantitative estimate of drug-likeness (QED) is 0.936. The summed E-state index contributed by atoms with van der Waals surface area (Å²) in [6, 6.07) is 2.01. The van der Waals surface area contributed by atoms with Gasteiger partial charge in [0.1, 0.15) is 0 Å². The van der Waals surface area contributed by atoms with E-state index in [1.165, 1.54) is 11.1 Å². The van der Waals surface area contributed by atoms with Gasteiger partial charge in [0.2, 0.25) is 5.91 Å². The van der Waals surface area contributed by atoms with Gasteiger partial charge in [-0.2, -0.15) is 5.10 Å². The monoisotopic (exact) mass is 314 g/mol. The molecule has 2 aliphatic heterocycles. The lowest BCUT2D eigenvalue weighted by atomic mass is 9.75. The van der Waals surface area contributed by atoms with Gasteiger partial charge in [0.25, 0.3) is 0 Å². The highest BCUT2D eigenvalue weighted by molar-refractivity contribution is 5.81. The first-order valence-electron chi connectivity index (χ1n) is 8.18. The van der Waals surface area contributed by atoms with Crippen LogP contribution in [0.1, 0.15) is 36.3 Å². The molecule has 4 heterocycles. The number of piperidine rings is 1. The van der Waals surface area contributed by atoms with E-state index in [1.54, 1.807) is 12.5 Å². The van der Waals surface area contributed by atoms with E-state index in [4.69, 9.17) is 4.42 Å². The number of aryl methyl sites for hydroxylation is 1. The summed E-state index contributed by atoms with van der Waals surface area (Å²) in [6.45, 7) is 2.89. The summed E-state index contributed by atoms with van der Waals surface area (Å²) < 4.78 is 6.97. The third kappa shape index (κ3) is 2.67. The summed E-state index contributed by atoms with van der Waals surface area (Å²) in [7, 11) is 1.92. The SMILES string of the molecule is Cn1cc([C@H]2CC(=O)NC23CCN(Cc2ccoc2)CC3)cn1. The second kappa shape index (κ2) is 5.53. The van der Waals surface area contributed by atoms with Crippen molar-refractivity contribution in [2.75, 3.05) is 13.1 Å². The molecule has 1 atom stereocenters. The Labute approximate surface area is 135 Å². The molecule has 0 aliphatic carbocycles. The molecular weight excluding hydrogens is 292 g/mol. The van der Waals surface area contributed by atoms with E-state index in [0.717, 1.165) is 32.5 Å². The van der Waals surface area contributed by atoms with Crippen LogP contribution in [-0.2, 0) is 18.4 Å². The van der Waals surface area contributed by atoms with E-state index in [1.807, 2.05) is 30.2 Å². The predicted molar refractivity (Wildman–Crippen MR) is 84.7 cm³/mol. The highest BCUT2D eigenvalue weighted by Gasteiger charge is 2.48. The van der Waals surface area contributed by atoms with E-state index in [0.29, 0.717) is 6.42 Å². The van der Waals surface area contributed by atoms with Crippen molar-refractivity contribution in [2.45, 2.75) is 37.3 Å². The van der Waals surface area contributed by atoms with Crippen LogP contribution in [0.4, 0.5) is 0 Å². The Morgan fingerprint density at radius 2 is 2.26 bits per heavy atom. The Kier molecular flexibility index (Phi) is 3.49. The van der Waals surface area contributed by atoms with Crippen LogP contribution < -0.4 is 5.32 Å². The topological polar surface area (TPSA) is 63.3 Å². The van der Waals surface area contributed by atoms with E-state index in [2.05, 4.69) is 15.3 Å². The minimum Gasteiger partial charge on any atom is -0.472 e. The largest absolute Gasteiger partial charge is 0.472 e. The zero-order valence-electron chi connectivity index (χ0n) is 13.4. The maximum Gasteiger partial charge on any atom is 0.221 e.